The molecular weight excluding hydrogens is 315 g/mol. The van der Waals surface area contributed by atoms with E-state index in [0.717, 1.165) is 16.7 Å². The van der Waals surface area contributed by atoms with Gasteiger partial charge in [0.1, 0.15) is 5.82 Å². The van der Waals surface area contributed by atoms with E-state index < -0.39 is 0 Å². The van der Waals surface area contributed by atoms with Gasteiger partial charge in [-0.3, -0.25) is 9.78 Å². The number of carbonyl (C=O) groups is 1. The molecule has 0 spiro atoms. The highest BCUT2D eigenvalue weighted by Gasteiger charge is 2.27. The van der Waals surface area contributed by atoms with Crippen LogP contribution in [0.25, 0.3) is 0 Å². The highest BCUT2D eigenvalue weighted by Crippen LogP contribution is 2.36. The van der Waals surface area contributed by atoms with Crippen molar-refractivity contribution >= 4 is 5.91 Å². The first kappa shape index (κ1) is 17.3. The summed E-state index contributed by atoms with van der Waals surface area (Å²) in [5.41, 5.74) is 2.94. The fourth-order valence-corrected chi connectivity index (χ4v) is 3.13. The fraction of sp³-hybridized carbons (Fsp3) is 0.333. The third-order valence-corrected chi connectivity index (χ3v) is 4.69. The maximum Gasteiger partial charge on any atom is 0.247 e. The Kier molecular flexibility index (Phi) is 5.27. The summed E-state index contributed by atoms with van der Waals surface area (Å²) in [4.78, 5) is 18.9. The molecule has 1 aromatic carbocycles. The van der Waals surface area contributed by atoms with Gasteiger partial charge >= 0.3 is 0 Å². The largest absolute Gasteiger partial charge is 0.328 e. The Labute approximate surface area is 148 Å². The number of pyridine rings is 1. The van der Waals surface area contributed by atoms with Crippen molar-refractivity contribution in [3.05, 3.63) is 77.4 Å². The van der Waals surface area contributed by atoms with E-state index in [1.807, 2.05) is 30.9 Å². The van der Waals surface area contributed by atoms with Crippen LogP contribution in [0, 0.1) is 11.7 Å². The van der Waals surface area contributed by atoms with Gasteiger partial charge in [0, 0.05) is 25.0 Å². The summed E-state index contributed by atoms with van der Waals surface area (Å²) in [5, 5.41) is 0. The first-order chi connectivity index (χ1) is 12.1. The molecule has 3 nitrogen and oxygen atoms in total. The number of nitrogens with zero attached hydrogens (tertiary/aromatic N) is 2. The van der Waals surface area contributed by atoms with Crippen LogP contribution in [-0.4, -0.2) is 22.3 Å². The first-order valence-electron chi connectivity index (χ1n) is 8.74. The van der Waals surface area contributed by atoms with Crippen LogP contribution in [0.5, 0.6) is 0 Å². The second-order valence-electron chi connectivity index (χ2n) is 6.53. The first-order valence-corrected chi connectivity index (χ1v) is 8.74. The number of allylic oxidation sites excluding steroid dienone is 1. The van der Waals surface area contributed by atoms with Crippen molar-refractivity contribution in [1.29, 1.82) is 0 Å². The van der Waals surface area contributed by atoms with E-state index in [1.165, 1.54) is 25.0 Å². The van der Waals surface area contributed by atoms with Crippen LogP contribution < -0.4 is 0 Å². The molecule has 1 heterocycles. The van der Waals surface area contributed by atoms with Gasteiger partial charge in [-0.15, -0.1) is 0 Å². The van der Waals surface area contributed by atoms with E-state index in [1.54, 1.807) is 30.6 Å². The second kappa shape index (κ2) is 7.60. The Hall–Kier alpha value is -2.49. The summed E-state index contributed by atoms with van der Waals surface area (Å²) >= 11 is 0. The van der Waals surface area contributed by atoms with E-state index in [4.69, 9.17) is 0 Å². The predicted molar refractivity (Wildman–Crippen MR) is 96.3 cm³/mol. The Morgan fingerprint density at radius 2 is 2.00 bits per heavy atom. The van der Waals surface area contributed by atoms with Crippen molar-refractivity contribution in [2.24, 2.45) is 5.92 Å². The maximum atomic E-state index is 13.4. The maximum absolute atomic E-state index is 13.4. The van der Waals surface area contributed by atoms with E-state index >= 15 is 0 Å². The van der Waals surface area contributed by atoms with Gasteiger partial charge in [0.15, 0.2) is 0 Å². The minimum atomic E-state index is -0.285. The van der Waals surface area contributed by atoms with Gasteiger partial charge < -0.3 is 4.90 Å². The fourth-order valence-electron chi connectivity index (χ4n) is 3.13. The third kappa shape index (κ3) is 4.13. The Morgan fingerprint density at radius 3 is 2.56 bits per heavy atom. The zero-order chi connectivity index (χ0) is 17.8. The van der Waals surface area contributed by atoms with Crippen molar-refractivity contribution in [3.8, 4) is 0 Å². The van der Waals surface area contributed by atoms with Gasteiger partial charge in [0.25, 0.3) is 0 Å². The smallest absolute Gasteiger partial charge is 0.247 e. The lowest BCUT2D eigenvalue weighted by atomic mass is 9.98. The average molecular weight is 338 g/mol. The molecule has 1 aliphatic carbocycles. The van der Waals surface area contributed by atoms with Crippen molar-refractivity contribution in [3.63, 3.8) is 0 Å². The van der Waals surface area contributed by atoms with Gasteiger partial charge in [0.2, 0.25) is 5.91 Å². The second-order valence-corrected chi connectivity index (χ2v) is 6.53. The molecule has 0 bridgehead atoms. The molecule has 2 aromatic rings. The molecule has 1 aliphatic rings. The molecule has 0 radical (unpaired) electrons. The van der Waals surface area contributed by atoms with Crippen LogP contribution in [0.4, 0.5) is 4.39 Å². The van der Waals surface area contributed by atoms with Gasteiger partial charge in [-0.2, -0.15) is 0 Å². The Morgan fingerprint density at radius 1 is 1.28 bits per heavy atom. The molecule has 1 aromatic heterocycles. The van der Waals surface area contributed by atoms with Crippen LogP contribution >= 0.6 is 0 Å². The molecular formula is C21H23FN2O. The summed E-state index contributed by atoms with van der Waals surface area (Å²) in [7, 11) is 0. The average Bonchev–Trinajstić information content (AvgIpc) is 3.46. The lowest BCUT2D eigenvalue weighted by molar-refractivity contribution is -0.127. The van der Waals surface area contributed by atoms with Crippen molar-refractivity contribution in [2.45, 2.75) is 32.7 Å². The highest BCUT2D eigenvalue weighted by atomic mass is 19.1. The normalized spacial score (nSPS) is 15.7. The summed E-state index contributed by atoms with van der Waals surface area (Å²) in [6.45, 7) is 4.55. The monoisotopic (exact) mass is 338 g/mol. The summed E-state index contributed by atoms with van der Waals surface area (Å²) in [5.74, 6) is 0.267. The van der Waals surface area contributed by atoms with Crippen molar-refractivity contribution < 1.29 is 9.18 Å². The molecule has 3 rings (SSSR count). The molecule has 1 fully saturated rings. The quantitative estimate of drug-likeness (QED) is 0.726. The molecule has 1 atom stereocenters. The van der Waals surface area contributed by atoms with Crippen LogP contribution in [0.2, 0.25) is 0 Å². The van der Waals surface area contributed by atoms with Gasteiger partial charge in [-0.25, -0.2) is 4.39 Å². The van der Waals surface area contributed by atoms with E-state index in [2.05, 4.69) is 4.98 Å². The van der Waals surface area contributed by atoms with Crippen LogP contribution in [0.1, 0.15) is 43.9 Å². The predicted octanol–water partition coefficient (Wildman–Crippen LogP) is 4.51. The summed E-state index contributed by atoms with van der Waals surface area (Å²) in [6.07, 6.45) is 7.58. The van der Waals surface area contributed by atoms with Crippen molar-refractivity contribution in [2.75, 3.05) is 6.54 Å². The van der Waals surface area contributed by atoms with E-state index in [-0.39, 0.29) is 17.8 Å². The zero-order valence-corrected chi connectivity index (χ0v) is 14.7. The minimum absolute atomic E-state index is 0.00919. The van der Waals surface area contributed by atoms with E-state index in [0.29, 0.717) is 12.5 Å². The number of benzene rings is 1. The molecule has 25 heavy (non-hydrogen) atoms. The number of halogens is 1. The number of hydrogen-bond donors (Lipinski definition) is 0. The van der Waals surface area contributed by atoms with Crippen LogP contribution in [0.3, 0.4) is 0 Å². The number of rotatable bonds is 6. The Balaban J connectivity index is 1.98. The topological polar surface area (TPSA) is 33.2 Å². The van der Waals surface area contributed by atoms with E-state index in [9.17, 15) is 9.18 Å². The number of hydrogen-bond acceptors (Lipinski definition) is 2. The number of aromatic nitrogens is 1. The lowest BCUT2D eigenvalue weighted by Crippen LogP contribution is -2.34. The zero-order valence-electron chi connectivity index (χ0n) is 14.7. The molecule has 0 saturated heterocycles. The molecule has 1 saturated carbocycles. The molecule has 0 N–H and O–H groups in total. The molecule has 1 unspecified atom stereocenters. The minimum Gasteiger partial charge on any atom is -0.328 e. The highest BCUT2D eigenvalue weighted by molar-refractivity contribution is 5.89. The molecule has 1 amide bonds. The van der Waals surface area contributed by atoms with Gasteiger partial charge in [0.05, 0.1) is 6.04 Å². The molecule has 4 heteroatoms. The summed E-state index contributed by atoms with van der Waals surface area (Å²) < 4.78 is 13.4. The standard InChI is InChI=1S/C21H23FN2O/c1-3-24(20(25)13-15(2)16-6-7-16)21(18-5-4-12-23-14-18)17-8-10-19(22)11-9-17/h4-5,8-14,16,21H,3,6-7H2,1-2H3/b15-13+. The van der Waals surface area contributed by atoms with Crippen LogP contribution in [-0.2, 0) is 4.79 Å². The number of amides is 1. The van der Waals surface area contributed by atoms with Crippen molar-refractivity contribution in [1.82, 2.24) is 9.88 Å². The number of likely N-dealkylation sites (N-methyl/N-ethyl adjacent to an activating group) is 1. The SMILES string of the molecule is CCN(C(=O)/C=C(\C)C1CC1)C(c1ccc(F)cc1)c1cccnc1. The van der Waals surface area contributed by atoms with Crippen LogP contribution in [0.15, 0.2) is 60.4 Å². The van der Waals surface area contributed by atoms with Gasteiger partial charge in [-0.05, 0) is 61.9 Å². The lowest BCUT2D eigenvalue weighted by Gasteiger charge is -2.31. The summed E-state index contributed by atoms with van der Waals surface area (Å²) in [6, 6.07) is 9.87. The molecule has 130 valence electrons. The Bertz CT molecular complexity index is 751. The third-order valence-electron chi connectivity index (χ3n) is 4.69. The molecule has 0 aliphatic heterocycles. The number of carbonyl (C=O) groups excluding carboxylic acids is 1. The van der Waals surface area contributed by atoms with Gasteiger partial charge in [-0.1, -0.05) is 23.8 Å².